The standard InChI is InChI=1S/C6H7Cl/c1-3-4-2-5(7)6(3)4/h2-4,6H,1H3/t3?,4-,6-/m0/s1. The molecule has 0 aromatic rings. The topological polar surface area (TPSA) is 0 Å². The summed E-state index contributed by atoms with van der Waals surface area (Å²) in [5.41, 5.74) is 0. The van der Waals surface area contributed by atoms with Crippen LogP contribution >= 0.6 is 11.6 Å². The molecule has 0 aromatic heterocycles. The first-order valence-electron chi connectivity index (χ1n) is 2.68. The van der Waals surface area contributed by atoms with Crippen molar-refractivity contribution in [2.24, 2.45) is 17.8 Å². The molecule has 1 unspecified atom stereocenters. The highest BCUT2D eigenvalue weighted by Crippen LogP contribution is 2.60. The highest BCUT2D eigenvalue weighted by molar-refractivity contribution is 6.31. The maximum Gasteiger partial charge on any atom is 0.0184 e. The zero-order valence-electron chi connectivity index (χ0n) is 4.19. The predicted molar refractivity (Wildman–Crippen MR) is 30.1 cm³/mol. The molecular formula is C6H7Cl. The average molecular weight is 115 g/mol. The summed E-state index contributed by atoms with van der Waals surface area (Å²) < 4.78 is 0. The Balaban J connectivity index is 2.21. The first kappa shape index (κ1) is 3.96. The Morgan fingerprint density at radius 2 is 2.43 bits per heavy atom. The van der Waals surface area contributed by atoms with Crippen LogP contribution in [0.5, 0.6) is 0 Å². The molecule has 1 fully saturated rings. The van der Waals surface area contributed by atoms with E-state index in [4.69, 9.17) is 11.6 Å². The summed E-state index contributed by atoms with van der Waals surface area (Å²) in [6.45, 7) is 2.25. The second kappa shape index (κ2) is 0.899. The van der Waals surface area contributed by atoms with Crippen LogP contribution in [0.2, 0.25) is 0 Å². The molecule has 3 atom stereocenters. The van der Waals surface area contributed by atoms with E-state index in [1.54, 1.807) is 0 Å². The molecule has 7 heavy (non-hydrogen) atoms. The maximum absolute atomic E-state index is 5.70. The van der Waals surface area contributed by atoms with Crippen LogP contribution in [-0.4, -0.2) is 0 Å². The quantitative estimate of drug-likeness (QED) is 0.452. The van der Waals surface area contributed by atoms with Crippen molar-refractivity contribution in [1.82, 2.24) is 0 Å². The van der Waals surface area contributed by atoms with Gasteiger partial charge in [-0.3, -0.25) is 0 Å². The van der Waals surface area contributed by atoms with Crippen molar-refractivity contribution in [3.8, 4) is 0 Å². The van der Waals surface area contributed by atoms with Gasteiger partial charge in [-0.25, -0.2) is 0 Å². The minimum absolute atomic E-state index is 0.793. The van der Waals surface area contributed by atoms with Crippen LogP contribution in [-0.2, 0) is 0 Å². The van der Waals surface area contributed by atoms with Crippen LogP contribution in [0, 0.1) is 17.8 Å². The van der Waals surface area contributed by atoms with Crippen LogP contribution in [0.1, 0.15) is 6.92 Å². The number of halogens is 1. The molecule has 0 spiro atoms. The van der Waals surface area contributed by atoms with Crippen molar-refractivity contribution in [2.45, 2.75) is 6.92 Å². The minimum atomic E-state index is 0.793. The van der Waals surface area contributed by atoms with E-state index < -0.39 is 0 Å². The van der Waals surface area contributed by atoms with Gasteiger partial charge < -0.3 is 0 Å². The molecule has 1 saturated carbocycles. The second-order valence-corrected chi connectivity index (χ2v) is 2.95. The fraction of sp³-hybridized carbons (Fsp3) is 0.667. The van der Waals surface area contributed by atoms with Gasteiger partial charge in [-0.1, -0.05) is 24.6 Å². The Morgan fingerprint density at radius 3 is 2.43 bits per heavy atom. The molecule has 0 N–H and O–H groups in total. The summed E-state index contributed by atoms with van der Waals surface area (Å²) in [5, 5.41) is 1.11. The summed E-state index contributed by atoms with van der Waals surface area (Å²) >= 11 is 5.70. The van der Waals surface area contributed by atoms with Gasteiger partial charge in [0, 0.05) is 11.0 Å². The molecule has 2 rings (SSSR count). The molecule has 0 bridgehead atoms. The Hall–Kier alpha value is 0.0300. The van der Waals surface area contributed by atoms with Gasteiger partial charge in [-0.15, -0.1) is 0 Å². The second-order valence-electron chi connectivity index (χ2n) is 2.51. The lowest BCUT2D eigenvalue weighted by atomic mass is 10.1. The third kappa shape index (κ3) is 0.301. The van der Waals surface area contributed by atoms with Gasteiger partial charge in [0.1, 0.15) is 0 Å². The molecule has 2 aliphatic carbocycles. The smallest absolute Gasteiger partial charge is 0.0184 e. The van der Waals surface area contributed by atoms with Crippen LogP contribution in [0.3, 0.4) is 0 Å². The van der Waals surface area contributed by atoms with Gasteiger partial charge in [0.05, 0.1) is 0 Å². The van der Waals surface area contributed by atoms with E-state index in [0.717, 1.165) is 22.8 Å². The van der Waals surface area contributed by atoms with Crippen LogP contribution in [0.4, 0.5) is 0 Å². The van der Waals surface area contributed by atoms with Gasteiger partial charge in [-0.05, 0) is 11.8 Å². The van der Waals surface area contributed by atoms with Crippen LogP contribution < -0.4 is 0 Å². The van der Waals surface area contributed by atoms with E-state index in [0.29, 0.717) is 0 Å². The van der Waals surface area contributed by atoms with E-state index in [-0.39, 0.29) is 0 Å². The molecule has 0 heterocycles. The number of rotatable bonds is 0. The Kier molecular flexibility index (Phi) is 0.509. The first-order chi connectivity index (χ1) is 3.30. The fourth-order valence-electron chi connectivity index (χ4n) is 1.36. The number of hydrogen-bond acceptors (Lipinski definition) is 0. The molecule has 0 aliphatic heterocycles. The highest BCUT2D eigenvalue weighted by atomic mass is 35.5. The minimum Gasteiger partial charge on any atom is -0.0891 e. The SMILES string of the molecule is CC1[C@@H]2C=C(Cl)[C@@H]12. The van der Waals surface area contributed by atoms with Gasteiger partial charge >= 0.3 is 0 Å². The van der Waals surface area contributed by atoms with E-state index in [9.17, 15) is 0 Å². The molecule has 0 aromatic carbocycles. The predicted octanol–water partition coefficient (Wildman–Crippen LogP) is 2.00. The van der Waals surface area contributed by atoms with Crippen molar-refractivity contribution < 1.29 is 0 Å². The van der Waals surface area contributed by atoms with Crippen molar-refractivity contribution in [3.05, 3.63) is 11.1 Å². The number of fused-ring (bicyclic) bond motifs is 1. The Labute approximate surface area is 48.2 Å². The van der Waals surface area contributed by atoms with Gasteiger partial charge in [-0.2, -0.15) is 0 Å². The van der Waals surface area contributed by atoms with Crippen LogP contribution in [0.15, 0.2) is 11.1 Å². The summed E-state index contributed by atoms with van der Waals surface area (Å²) in [5.74, 6) is 2.56. The molecular weight excluding hydrogens is 108 g/mol. The van der Waals surface area contributed by atoms with Gasteiger partial charge in [0.2, 0.25) is 0 Å². The van der Waals surface area contributed by atoms with E-state index in [1.165, 1.54) is 0 Å². The monoisotopic (exact) mass is 114 g/mol. The molecule has 1 heteroatoms. The lowest BCUT2D eigenvalue weighted by Gasteiger charge is -2.01. The summed E-state index contributed by atoms with van der Waals surface area (Å²) in [6, 6.07) is 0. The molecule has 38 valence electrons. The van der Waals surface area contributed by atoms with Gasteiger partial charge in [0.15, 0.2) is 0 Å². The third-order valence-corrected chi connectivity index (χ3v) is 2.50. The maximum atomic E-state index is 5.70. The van der Waals surface area contributed by atoms with E-state index in [2.05, 4.69) is 13.0 Å². The number of allylic oxidation sites excluding steroid dienone is 2. The van der Waals surface area contributed by atoms with Crippen molar-refractivity contribution in [3.63, 3.8) is 0 Å². The first-order valence-corrected chi connectivity index (χ1v) is 3.05. The average Bonchev–Trinajstić information content (AvgIpc) is 2.07. The lowest BCUT2D eigenvalue weighted by molar-refractivity contribution is 0.882. The molecule has 0 saturated heterocycles. The van der Waals surface area contributed by atoms with Crippen molar-refractivity contribution >= 4 is 11.6 Å². The fourth-order valence-corrected chi connectivity index (χ4v) is 1.85. The zero-order chi connectivity index (χ0) is 5.02. The molecule has 0 nitrogen and oxygen atoms in total. The van der Waals surface area contributed by atoms with Gasteiger partial charge in [0.25, 0.3) is 0 Å². The summed E-state index contributed by atoms with van der Waals surface area (Å²) in [4.78, 5) is 0. The molecule has 0 radical (unpaired) electrons. The highest BCUT2D eigenvalue weighted by Gasteiger charge is 2.53. The Morgan fingerprint density at radius 1 is 1.71 bits per heavy atom. The third-order valence-electron chi connectivity index (χ3n) is 2.12. The van der Waals surface area contributed by atoms with E-state index in [1.807, 2.05) is 0 Å². The molecule has 2 aliphatic rings. The molecule has 0 amide bonds. The normalized spacial score (nSPS) is 54.6. The van der Waals surface area contributed by atoms with E-state index >= 15 is 0 Å². The zero-order valence-corrected chi connectivity index (χ0v) is 4.94. The van der Waals surface area contributed by atoms with Crippen molar-refractivity contribution in [2.75, 3.05) is 0 Å². The van der Waals surface area contributed by atoms with Crippen molar-refractivity contribution in [1.29, 1.82) is 0 Å². The largest absolute Gasteiger partial charge is 0.0891 e. The Bertz CT molecular complexity index is 137. The summed E-state index contributed by atoms with van der Waals surface area (Å²) in [6.07, 6.45) is 2.16. The lowest BCUT2D eigenvalue weighted by Crippen LogP contribution is -1.89. The number of hydrogen-bond donors (Lipinski definition) is 0. The van der Waals surface area contributed by atoms with Crippen LogP contribution in [0.25, 0.3) is 0 Å². The summed E-state index contributed by atoms with van der Waals surface area (Å²) in [7, 11) is 0.